The fourth-order valence-electron chi connectivity index (χ4n) is 1.07. The summed E-state index contributed by atoms with van der Waals surface area (Å²) in [5.74, 6) is -0.502. The molecule has 0 saturated heterocycles. The van der Waals surface area contributed by atoms with Gasteiger partial charge in [0.25, 0.3) is 0 Å². The predicted molar refractivity (Wildman–Crippen MR) is 62.9 cm³/mol. The van der Waals surface area contributed by atoms with Crippen LogP contribution in [-0.2, 0) is 10.0 Å². The van der Waals surface area contributed by atoms with Crippen LogP contribution in [0.3, 0.4) is 0 Å². The van der Waals surface area contributed by atoms with Gasteiger partial charge in [-0.3, -0.25) is 0 Å². The third kappa shape index (κ3) is 3.24. The number of hydrogen-bond acceptors (Lipinski definition) is 3. The number of benzene rings is 1. The first-order valence-electron chi connectivity index (χ1n) is 4.54. The third-order valence-corrected chi connectivity index (χ3v) is 4.46. The zero-order valence-electron chi connectivity index (χ0n) is 8.57. The van der Waals surface area contributed by atoms with E-state index in [9.17, 15) is 12.8 Å². The lowest BCUT2D eigenvalue weighted by molar-refractivity contribution is 0.561. The molecule has 0 aromatic heterocycles. The number of nitrogens with one attached hydrogen (secondary N) is 1. The van der Waals surface area contributed by atoms with Gasteiger partial charge < -0.3 is 5.73 Å². The minimum atomic E-state index is -3.66. The van der Waals surface area contributed by atoms with Crippen molar-refractivity contribution in [2.75, 3.05) is 6.54 Å². The fourth-order valence-corrected chi connectivity index (χ4v) is 3.38. The van der Waals surface area contributed by atoms with E-state index in [0.29, 0.717) is 0 Å². The minimum absolute atomic E-state index is 0.00537. The standard InChI is InChI=1S/C9H12BrFN2O2S/c1-6(5-12)13-16(14,15)9-3-2-7(11)4-8(9)10/h2-4,6,13H,5,12H2,1H3. The molecule has 1 aromatic rings. The molecule has 16 heavy (non-hydrogen) atoms. The van der Waals surface area contributed by atoms with E-state index in [0.717, 1.165) is 12.1 Å². The van der Waals surface area contributed by atoms with Crippen molar-refractivity contribution in [2.45, 2.75) is 17.9 Å². The van der Waals surface area contributed by atoms with Crippen LogP contribution in [0, 0.1) is 5.82 Å². The van der Waals surface area contributed by atoms with Crippen LogP contribution in [-0.4, -0.2) is 21.0 Å². The van der Waals surface area contributed by atoms with Crippen molar-refractivity contribution >= 4 is 26.0 Å². The second-order valence-electron chi connectivity index (χ2n) is 3.33. The largest absolute Gasteiger partial charge is 0.329 e. The lowest BCUT2D eigenvalue weighted by atomic mass is 10.3. The average molecular weight is 311 g/mol. The highest BCUT2D eigenvalue weighted by Crippen LogP contribution is 2.22. The lowest BCUT2D eigenvalue weighted by Gasteiger charge is -2.12. The van der Waals surface area contributed by atoms with E-state index in [-0.39, 0.29) is 22.0 Å². The predicted octanol–water partition coefficient (Wildman–Crippen LogP) is 1.21. The van der Waals surface area contributed by atoms with Crippen LogP contribution in [0.2, 0.25) is 0 Å². The van der Waals surface area contributed by atoms with E-state index in [1.807, 2.05) is 0 Å². The van der Waals surface area contributed by atoms with Crippen molar-refractivity contribution in [2.24, 2.45) is 5.73 Å². The van der Waals surface area contributed by atoms with E-state index in [1.165, 1.54) is 6.07 Å². The summed E-state index contributed by atoms with van der Waals surface area (Å²) in [6, 6.07) is 3.01. The Morgan fingerprint density at radius 2 is 2.19 bits per heavy atom. The van der Waals surface area contributed by atoms with Gasteiger partial charge >= 0.3 is 0 Å². The molecule has 1 rings (SSSR count). The Labute approximate surface area is 102 Å². The van der Waals surface area contributed by atoms with Gasteiger partial charge in [0.05, 0.1) is 4.90 Å². The van der Waals surface area contributed by atoms with Crippen LogP contribution < -0.4 is 10.5 Å². The maximum absolute atomic E-state index is 12.8. The van der Waals surface area contributed by atoms with E-state index in [1.54, 1.807) is 6.92 Å². The molecule has 1 unspecified atom stereocenters. The highest BCUT2D eigenvalue weighted by molar-refractivity contribution is 9.10. The van der Waals surface area contributed by atoms with Crippen LogP contribution >= 0.6 is 15.9 Å². The summed E-state index contributed by atoms with van der Waals surface area (Å²) in [6.07, 6.45) is 0. The summed E-state index contributed by atoms with van der Waals surface area (Å²) in [5.41, 5.74) is 5.32. The fraction of sp³-hybridized carbons (Fsp3) is 0.333. The van der Waals surface area contributed by atoms with Crippen LogP contribution in [0.4, 0.5) is 4.39 Å². The SMILES string of the molecule is CC(CN)NS(=O)(=O)c1ccc(F)cc1Br. The van der Waals surface area contributed by atoms with E-state index < -0.39 is 15.8 Å². The Kier molecular flexibility index (Phi) is 4.43. The summed E-state index contributed by atoms with van der Waals surface area (Å²) in [4.78, 5) is -0.00537. The van der Waals surface area contributed by atoms with Crippen LogP contribution in [0.15, 0.2) is 27.6 Å². The highest BCUT2D eigenvalue weighted by Gasteiger charge is 2.19. The Bertz CT molecular complexity index is 478. The molecular weight excluding hydrogens is 299 g/mol. The number of hydrogen-bond donors (Lipinski definition) is 2. The molecule has 0 amide bonds. The molecule has 0 bridgehead atoms. The Balaban J connectivity index is 3.08. The van der Waals surface area contributed by atoms with Gasteiger partial charge in [0.2, 0.25) is 10.0 Å². The smallest absolute Gasteiger partial charge is 0.241 e. The van der Waals surface area contributed by atoms with Crippen LogP contribution in [0.5, 0.6) is 0 Å². The first-order valence-corrected chi connectivity index (χ1v) is 6.82. The summed E-state index contributed by atoms with van der Waals surface area (Å²) in [5, 5.41) is 0. The maximum Gasteiger partial charge on any atom is 0.241 e. The minimum Gasteiger partial charge on any atom is -0.329 e. The molecule has 7 heteroatoms. The van der Waals surface area contributed by atoms with Gasteiger partial charge in [-0.25, -0.2) is 17.5 Å². The summed E-state index contributed by atoms with van der Waals surface area (Å²) < 4.78 is 39.0. The van der Waals surface area contributed by atoms with Crippen molar-refractivity contribution in [3.8, 4) is 0 Å². The molecule has 3 N–H and O–H groups in total. The van der Waals surface area contributed by atoms with E-state index in [4.69, 9.17) is 5.73 Å². The zero-order chi connectivity index (χ0) is 12.3. The molecule has 0 aliphatic rings. The Hall–Kier alpha value is -0.500. The number of rotatable bonds is 4. The number of halogens is 2. The van der Waals surface area contributed by atoms with Crippen molar-refractivity contribution in [3.63, 3.8) is 0 Å². The quantitative estimate of drug-likeness (QED) is 0.878. The van der Waals surface area contributed by atoms with Gasteiger partial charge in [0, 0.05) is 17.1 Å². The summed E-state index contributed by atoms with van der Waals surface area (Å²) in [7, 11) is -3.66. The normalized spacial score (nSPS) is 13.8. The number of nitrogens with two attached hydrogens (primary N) is 1. The number of sulfonamides is 1. The Morgan fingerprint density at radius 1 is 1.56 bits per heavy atom. The highest BCUT2D eigenvalue weighted by atomic mass is 79.9. The molecule has 90 valence electrons. The second-order valence-corrected chi connectivity index (χ2v) is 5.87. The first-order chi connectivity index (χ1) is 7.36. The molecule has 0 radical (unpaired) electrons. The van der Waals surface area contributed by atoms with Gasteiger partial charge in [-0.1, -0.05) is 0 Å². The van der Waals surface area contributed by atoms with Gasteiger partial charge in [-0.15, -0.1) is 0 Å². The molecular formula is C9H12BrFN2O2S. The lowest BCUT2D eigenvalue weighted by Crippen LogP contribution is -2.37. The van der Waals surface area contributed by atoms with Crippen molar-refractivity contribution in [1.29, 1.82) is 0 Å². The van der Waals surface area contributed by atoms with Crippen molar-refractivity contribution in [1.82, 2.24) is 4.72 Å². The molecule has 0 aliphatic heterocycles. The summed E-state index contributed by atoms with van der Waals surface area (Å²) >= 11 is 3.00. The molecule has 1 aromatic carbocycles. The molecule has 1 atom stereocenters. The molecule has 0 spiro atoms. The van der Waals surface area contributed by atoms with Gasteiger partial charge in [-0.05, 0) is 41.1 Å². The Morgan fingerprint density at radius 3 is 2.69 bits per heavy atom. The van der Waals surface area contributed by atoms with Crippen molar-refractivity contribution < 1.29 is 12.8 Å². The van der Waals surface area contributed by atoms with Crippen molar-refractivity contribution in [3.05, 3.63) is 28.5 Å². The zero-order valence-corrected chi connectivity index (χ0v) is 11.0. The van der Waals surface area contributed by atoms with Crippen LogP contribution in [0.1, 0.15) is 6.92 Å². The average Bonchev–Trinajstić information content (AvgIpc) is 2.16. The van der Waals surface area contributed by atoms with Gasteiger partial charge in [0.1, 0.15) is 5.82 Å². The molecule has 0 heterocycles. The molecule has 4 nitrogen and oxygen atoms in total. The molecule has 0 aliphatic carbocycles. The summed E-state index contributed by atoms with van der Waals surface area (Å²) in [6.45, 7) is 1.84. The molecule has 0 saturated carbocycles. The monoisotopic (exact) mass is 310 g/mol. The first kappa shape index (κ1) is 13.6. The molecule has 0 fully saturated rings. The van der Waals surface area contributed by atoms with Crippen LogP contribution in [0.25, 0.3) is 0 Å². The van der Waals surface area contributed by atoms with E-state index >= 15 is 0 Å². The third-order valence-electron chi connectivity index (χ3n) is 1.89. The van der Waals surface area contributed by atoms with E-state index in [2.05, 4.69) is 20.7 Å². The maximum atomic E-state index is 12.8. The van der Waals surface area contributed by atoms with Gasteiger partial charge in [0.15, 0.2) is 0 Å². The van der Waals surface area contributed by atoms with Gasteiger partial charge in [-0.2, -0.15) is 0 Å². The topological polar surface area (TPSA) is 72.2 Å². The second kappa shape index (κ2) is 5.22.